The molecule has 178 valence electrons. The number of likely N-dealkylation sites (tertiary alicyclic amines) is 1. The Morgan fingerprint density at radius 2 is 1.85 bits per heavy atom. The summed E-state index contributed by atoms with van der Waals surface area (Å²) in [6.07, 6.45) is 1.41. The maximum absolute atomic E-state index is 12.1. The Morgan fingerprint density at radius 3 is 2.55 bits per heavy atom. The van der Waals surface area contributed by atoms with Crippen molar-refractivity contribution in [3.63, 3.8) is 0 Å². The molecule has 0 aromatic heterocycles. The Morgan fingerprint density at radius 1 is 1.12 bits per heavy atom. The molecule has 1 aliphatic rings. The number of hydrogen-bond donors (Lipinski definition) is 4. The van der Waals surface area contributed by atoms with E-state index in [9.17, 15) is 14.7 Å². The molecule has 0 bridgehead atoms. The number of aliphatic carboxylic acids is 1. The number of carboxylic acids is 1. The smallest absolute Gasteiger partial charge is 0.319 e. The fourth-order valence-corrected chi connectivity index (χ4v) is 4.06. The van der Waals surface area contributed by atoms with E-state index in [0.29, 0.717) is 12.3 Å². The summed E-state index contributed by atoms with van der Waals surface area (Å²) in [5.41, 5.74) is 4.63. The number of ether oxygens (including phenoxy) is 1. The Bertz CT molecular complexity index is 979. The summed E-state index contributed by atoms with van der Waals surface area (Å²) in [6, 6.07) is 11.2. The van der Waals surface area contributed by atoms with Crippen LogP contribution in [0.5, 0.6) is 5.75 Å². The van der Waals surface area contributed by atoms with Crippen LogP contribution in [-0.4, -0.2) is 66.0 Å². The molecular weight excluding hydrogens is 422 g/mol. The molecule has 0 unspecified atom stereocenters. The Kier molecular flexibility index (Phi) is 8.68. The van der Waals surface area contributed by atoms with Crippen LogP contribution in [0.4, 0.5) is 10.5 Å². The zero-order valence-electron chi connectivity index (χ0n) is 19.3. The SMILES string of the molecule is Cc1c(NC(=O)NCCC(=O)O)cccc1-c1cccc(OCCCN2CC[C@@H](O)C2)c1C. The molecule has 8 nitrogen and oxygen atoms in total. The van der Waals surface area contributed by atoms with Crippen LogP contribution in [0.1, 0.15) is 30.4 Å². The number of amides is 2. The molecule has 1 atom stereocenters. The Labute approximate surface area is 194 Å². The van der Waals surface area contributed by atoms with Gasteiger partial charge in [-0.25, -0.2) is 4.79 Å². The van der Waals surface area contributed by atoms with Gasteiger partial charge in [-0.15, -0.1) is 0 Å². The quantitative estimate of drug-likeness (QED) is 0.409. The van der Waals surface area contributed by atoms with Crippen molar-refractivity contribution in [3.05, 3.63) is 47.5 Å². The number of aliphatic hydroxyl groups excluding tert-OH is 1. The number of hydrogen-bond acceptors (Lipinski definition) is 5. The molecular formula is C25H33N3O5. The van der Waals surface area contributed by atoms with E-state index in [4.69, 9.17) is 9.84 Å². The third-order valence-electron chi connectivity index (χ3n) is 5.90. The lowest BCUT2D eigenvalue weighted by Crippen LogP contribution is -2.30. The van der Waals surface area contributed by atoms with E-state index in [-0.39, 0.29) is 19.1 Å². The first-order valence-corrected chi connectivity index (χ1v) is 11.3. The molecule has 4 N–H and O–H groups in total. The number of aliphatic hydroxyl groups is 1. The number of urea groups is 1. The van der Waals surface area contributed by atoms with Crippen molar-refractivity contribution in [2.45, 2.75) is 39.2 Å². The van der Waals surface area contributed by atoms with Gasteiger partial charge < -0.3 is 30.5 Å². The van der Waals surface area contributed by atoms with Gasteiger partial charge in [-0.3, -0.25) is 4.79 Å². The number of rotatable bonds is 10. The summed E-state index contributed by atoms with van der Waals surface area (Å²) >= 11 is 0. The minimum absolute atomic E-state index is 0.0662. The van der Waals surface area contributed by atoms with Crippen LogP contribution in [0.25, 0.3) is 11.1 Å². The van der Waals surface area contributed by atoms with Gasteiger partial charge in [0.05, 0.1) is 19.1 Å². The number of carbonyl (C=O) groups is 2. The summed E-state index contributed by atoms with van der Waals surface area (Å²) in [4.78, 5) is 25.0. The molecule has 2 amide bonds. The number of carbonyl (C=O) groups excluding carboxylic acids is 1. The lowest BCUT2D eigenvalue weighted by atomic mass is 9.95. The van der Waals surface area contributed by atoms with Gasteiger partial charge in [-0.1, -0.05) is 24.3 Å². The van der Waals surface area contributed by atoms with Crippen molar-refractivity contribution in [2.75, 3.05) is 38.1 Å². The van der Waals surface area contributed by atoms with E-state index in [1.165, 1.54) is 0 Å². The highest BCUT2D eigenvalue weighted by molar-refractivity contribution is 5.92. The highest BCUT2D eigenvalue weighted by Gasteiger charge is 2.19. The van der Waals surface area contributed by atoms with Crippen LogP contribution in [0.3, 0.4) is 0 Å². The van der Waals surface area contributed by atoms with Crippen LogP contribution in [0.2, 0.25) is 0 Å². The standard InChI is InChI=1S/C25H33N3O5/c1-17-20(6-3-8-22(17)27-25(32)26-12-10-24(30)31)21-7-4-9-23(18(21)2)33-15-5-13-28-14-11-19(29)16-28/h3-4,6-9,19,29H,5,10-16H2,1-2H3,(H,30,31)(H2,26,27,32)/t19-/m1/s1. The van der Waals surface area contributed by atoms with Gasteiger partial charge in [0, 0.05) is 31.9 Å². The zero-order valence-corrected chi connectivity index (χ0v) is 19.3. The normalized spacial score (nSPS) is 15.9. The third-order valence-corrected chi connectivity index (χ3v) is 5.90. The molecule has 1 fully saturated rings. The van der Waals surface area contributed by atoms with Crippen molar-refractivity contribution in [1.82, 2.24) is 10.2 Å². The van der Waals surface area contributed by atoms with Gasteiger partial charge >= 0.3 is 12.0 Å². The topological polar surface area (TPSA) is 111 Å². The first-order valence-electron chi connectivity index (χ1n) is 11.3. The maximum atomic E-state index is 12.1. The lowest BCUT2D eigenvalue weighted by molar-refractivity contribution is -0.136. The van der Waals surface area contributed by atoms with Gasteiger partial charge in [0.2, 0.25) is 0 Å². The van der Waals surface area contributed by atoms with Gasteiger partial charge in [0.25, 0.3) is 0 Å². The second-order valence-corrected chi connectivity index (χ2v) is 8.38. The average molecular weight is 456 g/mol. The molecule has 3 rings (SSSR count). The van der Waals surface area contributed by atoms with Crippen molar-refractivity contribution < 1.29 is 24.5 Å². The molecule has 1 saturated heterocycles. The summed E-state index contributed by atoms with van der Waals surface area (Å²) < 4.78 is 6.07. The largest absolute Gasteiger partial charge is 0.493 e. The Hall–Kier alpha value is -3.10. The molecule has 0 radical (unpaired) electrons. The summed E-state index contributed by atoms with van der Waals surface area (Å²) in [5.74, 6) is -0.126. The van der Waals surface area contributed by atoms with Crippen LogP contribution in [0, 0.1) is 13.8 Å². The molecule has 0 spiro atoms. The van der Waals surface area contributed by atoms with E-state index in [2.05, 4.69) is 15.5 Å². The van der Waals surface area contributed by atoms with E-state index < -0.39 is 12.0 Å². The summed E-state index contributed by atoms with van der Waals surface area (Å²) in [6.45, 7) is 7.24. The third kappa shape index (κ3) is 6.94. The molecule has 0 aliphatic carbocycles. The number of anilines is 1. The number of nitrogens with one attached hydrogen (secondary N) is 2. The first kappa shape index (κ1) is 24.5. The van der Waals surface area contributed by atoms with Gasteiger partial charge in [-0.05, 0) is 61.1 Å². The number of β-amino-alcohol motifs (C(OH)–C–C–N with tert-alkyl or cyclic N) is 1. The van der Waals surface area contributed by atoms with Crippen molar-refractivity contribution >= 4 is 17.7 Å². The summed E-state index contributed by atoms with van der Waals surface area (Å²) in [7, 11) is 0. The number of carboxylic acid groups (broad SMARTS) is 1. The average Bonchev–Trinajstić information content (AvgIpc) is 3.19. The van der Waals surface area contributed by atoms with Crippen LogP contribution >= 0.6 is 0 Å². The fourth-order valence-electron chi connectivity index (χ4n) is 4.06. The summed E-state index contributed by atoms with van der Waals surface area (Å²) in [5, 5.41) is 23.7. The lowest BCUT2D eigenvalue weighted by Gasteiger charge is -2.18. The number of benzene rings is 2. The molecule has 8 heteroatoms. The van der Waals surface area contributed by atoms with E-state index in [0.717, 1.165) is 60.5 Å². The second kappa shape index (κ2) is 11.7. The zero-order chi connectivity index (χ0) is 23.8. The predicted octanol–water partition coefficient (Wildman–Crippen LogP) is 3.40. The molecule has 0 saturated carbocycles. The first-order chi connectivity index (χ1) is 15.8. The maximum Gasteiger partial charge on any atom is 0.319 e. The van der Waals surface area contributed by atoms with Crippen molar-refractivity contribution in [3.8, 4) is 16.9 Å². The Balaban J connectivity index is 1.63. The van der Waals surface area contributed by atoms with Crippen LogP contribution in [0.15, 0.2) is 36.4 Å². The molecule has 2 aromatic rings. The van der Waals surface area contributed by atoms with Crippen molar-refractivity contribution in [1.29, 1.82) is 0 Å². The monoisotopic (exact) mass is 455 g/mol. The van der Waals surface area contributed by atoms with Crippen LogP contribution in [-0.2, 0) is 4.79 Å². The predicted molar refractivity (Wildman–Crippen MR) is 128 cm³/mol. The van der Waals surface area contributed by atoms with E-state index >= 15 is 0 Å². The highest BCUT2D eigenvalue weighted by atomic mass is 16.5. The second-order valence-electron chi connectivity index (χ2n) is 8.38. The van der Waals surface area contributed by atoms with Gasteiger partial charge in [0.1, 0.15) is 5.75 Å². The molecule has 1 heterocycles. The van der Waals surface area contributed by atoms with Crippen LogP contribution < -0.4 is 15.4 Å². The minimum atomic E-state index is -0.958. The molecule has 1 aliphatic heterocycles. The van der Waals surface area contributed by atoms with Crippen molar-refractivity contribution in [2.24, 2.45) is 0 Å². The van der Waals surface area contributed by atoms with Gasteiger partial charge in [-0.2, -0.15) is 0 Å². The highest BCUT2D eigenvalue weighted by Crippen LogP contribution is 2.34. The molecule has 33 heavy (non-hydrogen) atoms. The minimum Gasteiger partial charge on any atom is -0.493 e. The van der Waals surface area contributed by atoms with Gasteiger partial charge in [0.15, 0.2) is 0 Å². The number of nitrogens with zero attached hydrogens (tertiary/aromatic N) is 1. The fraction of sp³-hybridized carbons (Fsp3) is 0.440. The van der Waals surface area contributed by atoms with E-state index in [1.54, 1.807) is 0 Å². The van der Waals surface area contributed by atoms with E-state index in [1.807, 2.05) is 50.2 Å². The molecule has 2 aromatic carbocycles.